The summed E-state index contributed by atoms with van der Waals surface area (Å²) in [6.07, 6.45) is 0. The van der Waals surface area contributed by atoms with Crippen LogP contribution >= 0.6 is 11.3 Å². The lowest BCUT2D eigenvalue weighted by Gasteiger charge is -2.17. The second kappa shape index (κ2) is 12.5. The van der Waals surface area contributed by atoms with Crippen LogP contribution in [0.1, 0.15) is 0 Å². The molecule has 2 heterocycles. The third-order valence-corrected chi connectivity index (χ3v) is 13.5. The number of benzene rings is 10. The van der Waals surface area contributed by atoms with Crippen molar-refractivity contribution in [2.75, 3.05) is 0 Å². The first-order valence-corrected chi connectivity index (χ1v) is 21.0. The van der Waals surface area contributed by atoms with E-state index in [1.54, 1.807) is 0 Å². The van der Waals surface area contributed by atoms with E-state index in [0.717, 1.165) is 28.1 Å². The highest BCUT2D eigenvalue weighted by Gasteiger charge is 2.18. The Morgan fingerprint density at radius 1 is 0.271 bits per heavy atom. The summed E-state index contributed by atoms with van der Waals surface area (Å²) >= 11 is 1.85. The maximum atomic E-state index is 5.33. The van der Waals surface area contributed by atoms with E-state index in [2.05, 4.69) is 188 Å². The summed E-state index contributed by atoms with van der Waals surface area (Å²) in [5.41, 5.74) is 7.29. The fraction of sp³-hybridized carbons (Fsp3) is 0. The van der Waals surface area contributed by atoms with Crippen LogP contribution in [0.25, 0.3) is 130 Å². The maximum Gasteiger partial charge on any atom is 0.160 e. The minimum atomic E-state index is 0.710. The van der Waals surface area contributed by atoms with Gasteiger partial charge in [-0.2, -0.15) is 0 Å². The molecule has 0 radical (unpaired) electrons. The summed E-state index contributed by atoms with van der Waals surface area (Å²) < 4.78 is 2.64. The summed E-state index contributed by atoms with van der Waals surface area (Å²) in [5.74, 6) is 0.710. The number of hydrogen-bond acceptors (Lipinski definition) is 3. The topological polar surface area (TPSA) is 25.8 Å². The maximum absolute atomic E-state index is 5.33. The summed E-state index contributed by atoms with van der Waals surface area (Å²) in [6, 6.07) is 71.0. The summed E-state index contributed by atoms with van der Waals surface area (Å²) in [5, 5.41) is 17.8. The Labute approximate surface area is 343 Å². The zero-order chi connectivity index (χ0) is 38.6. The third kappa shape index (κ3) is 4.99. The van der Waals surface area contributed by atoms with Crippen LogP contribution < -0.4 is 0 Å². The SMILES string of the molecule is c1ccc(-c2nc(-c3ccc(-c4ccc5sc6ccccc6c5c4)cc3)cc(-c3cc4ccc5cccc6c7cccc8ccc9cccc(c(c3)c4c56)c9c87)n2)cc1. The van der Waals surface area contributed by atoms with Crippen LogP contribution in [0.15, 0.2) is 194 Å². The van der Waals surface area contributed by atoms with Gasteiger partial charge < -0.3 is 0 Å². The quantitative estimate of drug-likeness (QED) is 0.167. The minimum absolute atomic E-state index is 0.710. The average molecular weight is 765 g/mol. The number of hydrogen-bond donors (Lipinski definition) is 0. The lowest BCUT2D eigenvalue weighted by atomic mass is 9.87. The van der Waals surface area contributed by atoms with Crippen LogP contribution in [0.3, 0.4) is 0 Å². The molecule has 0 saturated carbocycles. The van der Waals surface area contributed by atoms with Crippen LogP contribution in [0.2, 0.25) is 0 Å². The molecule has 11 aromatic carbocycles. The fourth-order valence-corrected chi connectivity index (χ4v) is 10.7. The molecule has 0 fully saturated rings. The van der Waals surface area contributed by atoms with Gasteiger partial charge >= 0.3 is 0 Å². The van der Waals surface area contributed by atoms with Gasteiger partial charge in [-0.25, -0.2) is 9.97 Å². The second-order valence-corrected chi connectivity index (χ2v) is 16.8. The monoisotopic (exact) mass is 764 g/mol. The van der Waals surface area contributed by atoms with Crippen molar-refractivity contribution in [3.63, 3.8) is 0 Å². The molecule has 3 heteroatoms. The predicted molar refractivity (Wildman–Crippen MR) is 253 cm³/mol. The smallest absolute Gasteiger partial charge is 0.160 e. The fourth-order valence-electron chi connectivity index (χ4n) is 9.63. The van der Waals surface area contributed by atoms with E-state index in [4.69, 9.17) is 9.97 Å². The van der Waals surface area contributed by atoms with Gasteiger partial charge in [0.05, 0.1) is 11.4 Å². The van der Waals surface area contributed by atoms with Crippen molar-refractivity contribution < 1.29 is 0 Å². The molecule has 0 saturated heterocycles. The first-order valence-electron chi connectivity index (χ1n) is 20.1. The minimum Gasteiger partial charge on any atom is -0.228 e. The predicted octanol–water partition coefficient (Wildman–Crippen LogP) is 15.9. The van der Waals surface area contributed by atoms with Crippen molar-refractivity contribution in [1.29, 1.82) is 0 Å². The first-order chi connectivity index (χ1) is 29.2. The molecule has 13 aromatic rings. The van der Waals surface area contributed by atoms with Crippen LogP contribution in [-0.4, -0.2) is 9.97 Å². The Bertz CT molecular complexity index is 3820. The Morgan fingerprint density at radius 2 is 0.780 bits per heavy atom. The molecule has 2 nitrogen and oxygen atoms in total. The third-order valence-electron chi connectivity index (χ3n) is 12.4. The van der Waals surface area contributed by atoms with E-state index in [1.165, 1.54) is 95.9 Å². The molecule has 272 valence electrons. The van der Waals surface area contributed by atoms with Crippen molar-refractivity contribution in [3.05, 3.63) is 194 Å². The van der Waals surface area contributed by atoms with Gasteiger partial charge in [0.2, 0.25) is 0 Å². The number of aromatic nitrogens is 2. The van der Waals surface area contributed by atoms with Crippen molar-refractivity contribution in [1.82, 2.24) is 9.97 Å². The lowest BCUT2D eigenvalue weighted by Crippen LogP contribution is -1.96. The lowest BCUT2D eigenvalue weighted by molar-refractivity contribution is 1.18. The van der Waals surface area contributed by atoms with Gasteiger partial charge in [0.25, 0.3) is 0 Å². The Balaban J connectivity index is 1.04. The van der Waals surface area contributed by atoms with Crippen LogP contribution in [0.4, 0.5) is 0 Å². The Hall–Kier alpha value is -7.46. The molecule has 0 spiro atoms. The molecule has 0 N–H and O–H groups in total. The largest absolute Gasteiger partial charge is 0.228 e. The summed E-state index contributed by atoms with van der Waals surface area (Å²) in [7, 11) is 0. The first kappa shape index (κ1) is 32.6. The standard InChI is InChI=1S/C56H32N2S/c1-2-9-38(10-3-1)56-57-48(34-21-19-33(20-22-34)39-27-28-51-46(30-39)42-14-4-5-18-50(42)59-51)32-49(58-56)41-29-40-26-25-37-12-7-16-44-43-15-6-11-35-23-24-36-13-8-17-45(54(36)52(35)43)47(31-41)55(40)53(37)44/h1-32H. The highest BCUT2D eigenvalue weighted by Crippen LogP contribution is 2.45. The van der Waals surface area contributed by atoms with E-state index >= 15 is 0 Å². The van der Waals surface area contributed by atoms with Crippen molar-refractivity contribution in [2.45, 2.75) is 0 Å². The molecule has 2 aromatic heterocycles. The second-order valence-electron chi connectivity index (χ2n) is 15.7. The summed E-state index contributed by atoms with van der Waals surface area (Å²) in [4.78, 5) is 10.6. The number of rotatable bonds is 4. The van der Waals surface area contributed by atoms with Crippen LogP contribution in [0, 0.1) is 0 Å². The Morgan fingerprint density at radius 3 is 1.47 bits per heavy atom. The van der Waals surface area contributed by atoms with E-state index in [-0.39, 0.29) is 0 Å². The molecular formula is C56H32N2S. The van der Waals surface area contributed by atoms with Gasteiger partial charge in [0, 0.05) is 36.9 Å². The molecule has 13 rings (SSSR count). The molecule has 0 aliphatic heterocycles. The molecule has 0 aliphatic rings. The van der Waals surface area contributed by atoms with Gasteiger partial charge in [0.1, 0.15) is 0 Å². The van der Waals surface area contributed by atoms with Gasteiger partial charge in [-0.05, 0) is 112 Å². The molecule has 0 unspecified atom stereocenters. The normalized spacial score (nSPS) is 12.1. The zero-order valence-corrected chi connectivity index (χ0v) is 32.6. The highest BCUT2D eigenvalue weighted by atomic mass is 32.1. The van der Waals surface area contributed by atoms with Crippen LogP contribution in [-0.2, 0) is 0 Å². The van der Waals surface area contributed by atoms with E-state index < -0.39 is 0 Å². The Kier molecular flexibility index (Phi) is 6.92. The van der Waals surface area contributed by atoms with E-state index in [1.807, 2.05) is 17.4 Å². The molecule has 0 amide bonds. The number of thiophene rings is 1. The van der Waals surface area contributed by atoms with E-state index in [0.29, 0.717) is 5.82 Å². The summed E-state index contributed by atoms with van der Waals surface area (Å²) in [6.45, 7) is 0. The van der Waals surface area contributed by atoms with E-state index in [9.17, 15) is 0 Å². The molecule has 59 heavy (non-hydrogen) atoms. The van der Waals surface area contributed by atoms with Gasteiger partial charge in [-0.15, -0.1) is 11.3 Å². The van der Waals surface area contributed by atoms with Crippen LogP contribution in [0.5, 0.6) is 0 Å². The van der Waals surface area contributed by atoms with Gasteiger partial charge in [-0.1, -0.05) is 158 Å². The van der Waals surface area contributed by atoms with Crippen molar-refractivity contribution in [2.24, 2.45) is 0 Å². The van der Waals surface area contributed by atoms with Gasteiger partial charge in [-0.3, -0.25) is 0 Å². The molecule has 0 atom stereocenters. The van der Waals surface area contributed by atoms with Crippen molar-refractivity contribution in [3.8, 4) is 45.0 Å². The molecule has 0 bridgehead atoms. The average Bonchev–Trinajstić information content (AvgIpc) is 3.68. The zero-order valence-electron chi connectivity index (χ0n) is 31.8. The molecular weight excluding hydrogens is 733 g/mol. The number of nitrogens with zero attached hydrogens (tertiary/aromatic N) is 2. The highest BCUT2D eigenvalue weighted by molar-refractivity contribution is 7.25. The van der Waals surface area contributed by atoms with Gasteiger partial charge in [0.15, 0.2) is 5.82 Å². The molecule has 0 aliphatic carbocycles. The number of fused-ring (bicyclic) bond motifs is 5. The van der Waals surface area contributed by atoms with Crippen molar-refractivity contribution >= 4 is 96.1 Å².